The lowest BCUT2D eigenvalue weighted by Gasteiger charge is -2.23. The summed E-state index contributed by atoms with van der Waals surface area (Å²) < 4.78 is 19.5. The van der Waals surface area contributed by atoms with E-state index in [0.717, 1.165) is 42.8 Å². The van der Waals surface area contributed by atoms with Crippen LogP contribution in [0.4, 0.5) is 4.39 Å². The van der Waals surface area contributed by atoms with Gasteiger partial charge in [0.25, 0.3) is 5.91 Å². The summed E-state index contributed by atoms with van der Waals surface area (Å²) in [6.07, 6.45) is 1.94. The predicted molar refractivity (Wildman–Crippen MR) is 91.7 cm³/mol. The van der Waals surface area contributed by atoms with Crippen molar-refractivity contribution in [3.63, 3.8) is 0 Å². The molecule has 1 aliphatic rings. The van der Waals surface area contributed by atoms with Crippen LogP contribution in [0.15, 0.2) is 42.5 Å². The SMILES string of the molecule is COc1ccc(-c2ccc(C(=O)N[C@H]3CCCNC3)c(F)c2)cc1. The van der Waals surface area contributed by atoms with Crippen LogP contribution in [0.2, 0.25) is 0 Å². The molecule has 2 aromatic rings. The van der Waals surface area contributed by atoms with E-state index in [1.54, 1.807) is 19.2 Å². The smallest absolute Gasteiger partial charge is 0.254 e. The second kappa shape index (κ2) is 7.45. The quantitative estimate of drug-likeness (QED) is 0.907. The fourth-order valence-corrected chi connectivity index (χ4v) is 2.90. The zero-order chi connectivity index (χ0) is 16.9. The van der Waals surface area contributed by atoms with Crippen LogP contribution in [-0.2, 0) is 0 Å². The zero-order valence-electron chi connectivity index (χ0n) is 13.6. The highest BCUT2D eigenvalue weighted by molar-refractivity contribution is 5.95. The maximum absolute atomic E-state index is 14.4. The summed E-state index contributed by atoms with van der Waals surface area (Å²) >= 11 is 0. The Kier molecular flexibility index (Phi) is 5.11. The molecule has 0 unspecified atom stereocenters. The van der Waals surface area contributed by atoms with Crippen LogP contribution < -0.4 is 15.4 Å². The lowest BCUT2D eigenvalue weighted by Crippen LogP contribution is -2.45. The summed E-state index contributed by atoms with van der Waals surface area (Å²) in [5.74, 6) is -0.122. The van der Waals surface area contributed by atoms with Crippen molar-refractivity contribution in [2.24, 2.45) is 0 Å². The molecule has 0 aliphatic carbocycles. The van der Waals surface area contributed by atoms with Gasteiger partial charge in [0.05, 0.1) is 12.7 Å². The van der Waals surface area contributed by atoms with E-state index >= 15 is 0 Å². The summed E-state index contributed by atoms with van der Waals surface area (Å²) in [5, 5.41) is 6.12. The minimum atomic E-state index is -0.510. The first-order valence-corrected chi connectivity index (χ1v) is 8.13. The number of rotatable bonds is 4. The Hall–Kier alpha value is -2.40. The molecule has 0 radical (unpaired) electrons. The van der Waals surface area contributed by atoms with Crippen LogP contribution in [0.3, 0.4) is 0 Å². The third kappa shape index (κ3) is 3.74. The molecular formula is C19H21FN2O2. The lowest BCUT2D eigenvalue weighted by molar-refractivity contribution is 0.0926. The standard InChI is InChI=1S/C19H21FN2O2/c1-24-16-7-4-13(5-8-16)14-6-9-17(18(20)11-14)19(23)22-15-3-2-10-21-12-15/h4-9,11,15,21H,2-3,10,12H2,1H3,(H,22,23)/t15-/m0/s1. The Bertz CT molecular complexity index is 710. The summed E-state index contributed by atoms with van der Waals surface area (Å²) in [7, 11) is 1.60. The van der Waals surface area contributed by atoms with Gasteiger partial charge in [-0.1, -0.05) is 18.2 Å². The highest BCUT2D eigenvalue weighted by atomic mass is 19.1. The minimum Gasteiger partial charge on any atom is -0.497 e. The molecule has 1 atom stereocenters. The first-order chi connectivity index (χ1) is 11.7. The predicted octanol–water partition coefficient (Wildman–Crippen LogP) is 2.98. The Morgan fingerprint density at radius 2 is 1.96 bits per heavy atom. The van der Waals surface area contributed by atoms with Crippen LogP contribution >= 0.6 is 0 Å². The van der Waals surface area contributed by atoms with Gasteiger partial charge in [0.15, 0.2) is 0 Å². The third-order valence-electron chi connectivity index (χ3n) is 4.27. The van der Waals surface area contributed by atoms with Crippen LogP contribution in [0.5, 0.6) is 5.75 Å². The molecule has 5 heteroatoms. The van der Waals surface area contributed by atoms with Gasteiger partial charge in [0.2, 0.25) is 0 Å². The number of carbonyl (C=O) groups excluding carboxylic acids is 1. The number of methoxy groups -OCH3 is 1. The average molecular weight is 328 g/mol. The van der Waals surface area contributed by atoms with Crippen LogP contribution in [0, 0.1) is 5.82 Å². The number of nitrogens with one attached hydrogen (secondary N) is 2. The van der Waals surface area contributed by atoms with E-state index in [2.05, 4.69) is 10.6 Å². The van der Waals surface area contributed by atoms with Gasteiger partial charge in [-0.2, -0.15) is 0 Å². The van der Waals surface area contributed by atoms with E-state index < -0.39 is 5.82 Å². The molecule has 1 heterocycles. The fourth-order valence-electron chi connectivity index (χ4n) is 2.90. The minimum absolute atomic E-state index is 0.0620. The zero-order valence-corrected chi connectivity index (χ0v) is 13.6. The molecule has 4 nitrogen and oxygen atoms in total. The van der Waals surface area contributed by atoms with Gasteiger partial charge in [-0.25, -0.2) is 4.39 Å². The molecule has 1 amide bonds. The molecule has 0 saturated carbocycles. The number of halogens is 1. The van der Waals surface area contributed by atoms with Crippen molar-refractivity contribution in [1.29, 1.82) is 0 Å². The summed E-state index contributed by atoms with van der Waals surface area (Å²) in [4.78, 5) is 12.3. The van der Waals surface area contributed by atoms with Gasteiger partial charge in [-0.3, -0.25) is 4.79 Å². The second-order valence-corrected chi connectivity index (χ2v) is 5.94. The van der Waals surface area contributed by atoms with Gasteiger partial charge in [0.1, 0.15) is 11.6 Å². The molecule has 0 spiro atoms. The van der Waals surface area contributed by atoms with E-state index in [1.165, 1.54) is 6.07 Å². The van der Waals surface area contributed by atoms with E-state index in [4.69, 9.17) is 4.74 Å². The Morgan fingerprint density at radius 3 is 2.58 bits per heavy atom. The van der Waals surface area contributed by atoms with Crippen LogP contribution in [0.1, 0.15) is 23.2 Å². The highest BCUT2D eigenvalue weighted by Crippen LogP contribution is 2.24. The van der Waals surface area contributed by atoms with Crippen molar-refractivity contribution in [2.45, 2.75) is 18.9 Å². The molecule has 2 N–H and O–H groups in total. The Labute approximate surface area is 141 Å². The molecule has 1 fully saturated rings. The molecule has 126 valence electrons. The number of carbonyl (C=O) groups is 1. The van der Waals surface area contributed by atoms with Gasteiger partial charge in [-0.15, -0.1) is 0 Å². The van der Waals surface area contributed by atoms with Crippen molar-refractivity contribution < 1.29 is 13.9 Å². The first kappa shape index (κ1) is 16.5. The maximum Gasteiger partial charge on any atom is 0.254 e. The lowest BCUT2D eigenvalue weighted by atomic mass is 10.0. The van der Waals surface area contributed by atoms with Crippen LogP contribution in [-0.4, -0.2) is 32.1 Å². The maximum atomic E-state index is 14.4. The first-order valence-electron chi connectivity index (χ1n) is 8.13. The Balaban J connectivity index is 1.74. The molecule has 0 bridgehead atoms. The van der Waals surface area contributed by atoms with Crippen molar-refractivity contribution in [2.75, 3.05) is 20.2 Å². The van der Waals surface area contributed by atoms with Gasteiger partial charge >= 0.3 is 0 Å². The molecule has 3 rings (SSSR count). The fraction of sp³-hybridized carbons (Fsp3) is 0.316. The largest absolute Gasteiger partial charge is 0.497 e. The van der Waals surface area contributed by atoms with Crippen molar-refractivity contribution in [3.05, 3.63) is 53.8 Å². The summed E-state index contributed by atoms with van der Waals surface area (Å²) in [6, 6.07) is 12.1. The molecule has 1 saturated heterocycles. The van der Waals surface area contributed by atoms with Gasteiger partial charge in [-0.05, 0) is 54.8 Å². The second-order valence-electron chi connectivity index (χ2n) is 5.94. The monoisotopic (exact) mass is 328 g/mol. The summed E-state index contributed by atoms with van der Waals surface area (Å²) in [6.45, 7) is 1.70. The molecule has 1 aliphatic heterocycles. The molecule has 2 aromatic carbocycles. The van der Waals surface area contributed by atoms with Crippen molar-refractivity contribution in [1.82, 2.24) is 10.6 Å². The topological polar surface area (TPSA) is 50.4 Å². The number of hydrogen-bond donors (Lipinski definition) is 2. The van der Waals surface area contributed by atoms with Crippen molar-refractivity contribution >= 4 is 5.91 Å². The molecule has 0 aromatic heterocycles. The van der Waals surface area contributed by atoms with Crippen LogP contribution in [0.25, 0.3) is 11.1 Å². The molecule has 24 heavy (non-hydrogen) atoms. The number of benzene rings is 2. The van der Waals surface area contributed by atoms with E-state index in [9.17, 15) is 9.18 Å². The number of ether oxygens (including phenoxy) is 1. The highest BCUT2D eigenvalue weighted by Gasteiger charge is 2.19. The van der Waals surface area contributed by atoms with Gasteiger partial charge < -0.3 is 15.4 Å². The Morgan fingerprint density at radius 1 is 1.21 bits per heavy atom. The average Bonchev–Trinajstić information content (AvgIpc) is 2.62. The number of hydrogen-bond acceptors (Lipinski definition) is 3. The van der Waals surface area contributed by atoms with Crippen molar-refractivity contribution in [3.8, 4) is 16.9 Å². The summed E-state index contributed by atoms with van der Waals surface area (Å²) in [5.41, 5.74) is 1.68. The van der Waals surface area contributed by atoms with Gasteiger partial charge in [0, 0.05) is 12.6 Å². The number of amides is 1. The normalized spacial score (nSPS) is 17.3. The number of piperidine rings is 1. The third-order valence-corrected chi connectivity index (χ3v) is 4.27. The molecular weight excluding hydrogens is 307 g/mol. The van der Waals surface area contributed by atoms with E-state index in [0.29, 0.717) is 0 Å². The van der Waals surface area contributed by atoms with E-state index in [1.807, 2.05) is 24.3 Å². The van der Waals surface area contributed by atoms with E-state index in [-0.39, 0.29) is 17.5 Å².